The van der Waals surface area contributed by atoms with E-state index in [0.717, 1.165) is 42.9 Å². The van der Waals surface area contributed by atoms with Gasteiger partial charge in [0.15, 0.2) is 0 Å². The van der Waals surface area contributed by atoms with Crippen molar-refractivity contribution in [1.82, 2.24) is 0 Å². The average Bonchev–Trinajstić information content (AvgIpc) is 2.93. The maximum Gasteiger partial charge on any atom is 0.126 e. The van der Waals surface area contributed by atoms with Gasteiger partial charge in [-0.25, -0.2) is 0 Å². The second kappa shape index (κ2) is 5.39. The van der Waals surface area contributed by atoms with Crippen LogP contribution >= 0.6 is 0 Å². The van der Waals surface area contributed by atoms with E-state index in [-0.39, 0.29) is 12.7 Å². The predicted octanol–water partition coefficient (Wildman–Crippen LogP) is 2.34. The number of hydrogen-bond donors (Lipinski definition) is 2. The first-order valence-electron chi connectivity index (χ1n) is 7.01. The van der Waals surface area contributed by atoms with Gasteiger partial charge >= 0.3 is 0 Å². The van der Waals surface area contributed by atoms with Crippen LogP contribution in [0.5, 0.6) is 5.75 Å². The van der Waals surface area contributed by atoms with E-state index in [1.165, 1.54) is 0 Å². The molecule has 2 N–H and O–H groups in total. The normalized spacial score (nSPS) is 28.4. The molecule has 0 spiro atoms. The van der Waals surface area contributed by atoms with Crippen LogP contribution in [-0.2, 0) is 4.74 Å². The fourth-order valence-corrected chi connectivity index (χ4v) is 3.36. The SMILES string of the molecule is COc1cccc2c1[C@H]1OCC[C@H]1[C@@H](CCCO)N2. The van der Waals surface area contributed by atoms with E-state index in [2.05, 4.69) is 11.4 Å². The molecular formula is C15H21NO3. The van der Waals surface area contributed by atoms with Crippen LogP contribution in [0.15, 0.2) is 18.2 Å². The molecule has 1 saturated heterocycles. The van der Waals surface area contributed by atoms with E-state index >= 15 is 0 Å². The zero-order valence-corrected chi connectivity index (χ0v) is 11.3. The maximum absolute atomic E-state index is 9.04. The molecular weight excluding hydrogens is 242 g/mol. The second-order valence-electron chi connectivity index (χ2n) is 5.28. The Kier molecular flexibility index (Phi) is 3.62. The molecule has 2 aliphatic rings. The fraction of sp³-hybridized carbons (Fsp3) is 0.600. The summed E-state index contributed by atoms with van der Waals surface area (Å²) >= 11 is 0. The summed E-state index contributed by atoms with van der Waals surface area (Å²) in [5.41, 5.74) is 2.28. The third-order valence-electron chi connectivity index (χ3n) is 4.24. The topological polar surface area (TPSA) is 50.7 Å². The van der Waals surface area contributed by atoms with Gasteiger partial charge in [-0.15, -0.1) is 0 Å². The highest BCUT2D eigenvalue weighted by Gasteiger charge is 2.41. The molecule has 0 amide bonds. The molecule has 0 aliphatic carbocycles. The number of aliphatic hydroxyl groups is 1. The van der Waals surface area contributed by atoms with E-state index in [1.54, 1.807) is 7.11 Å². The molecule has 0 bridgehead atoms. The summed E-state index contributed by atoms with van der Waals surface area (Å²) < 4.78 is 11.4. The Bertz CT molecular complexity index is 449. The standard InChI is InChI=1S/C15H21NO3/c1-18-13-6-2-4-12-14(13)15-10(7-9-19-15)11(16-12)5-3-8-17/h2,4,6,10-11,15-17H,3,5,7-9H2,1H3/t10-,11+,15-/m0/s1. The summed E-state index contributed by atoms with van der Waals surface area (Å²) in [6.45, 7) is 1.06. The van der Waals surface area contributed by atoms with Crippen molar-refractivity contribution >= 4 is 5.69 Å². The van der Waals surface area contributed by atoms with Crippen molar-refractivity contribution in [2.45, 2.75) is 31.4 Å². The average molecular weight is 263 g/mol. The van der Waals surface area contributed by atoms with Gasteiger partial charge in [-0.05, 0) is 31.4 Å². The molecule has 1 aromatic rings. The molecule has 3 rings (SSSR count). The summed E-state index contributed by atoms with van der Waals surface area (Å²) in [7, 11) is 1.71. The lowest BCUT2D eigenvalue weighted by molar-refractivity contribution is 0.0791. The zero-order chi connectivity index (χ0) is 13.2. The minimum absolute atomic E-state index is 0.135. The Hall–Kier alpha value is -1.26. The van der Waals surface area contributed by atoms with Gasteiger partial charge in [0, 0.05) is 36.4 Å². The van der Waals surface area contributed by atoms with Crippen molar-refractivity contribution in [2.24, 2.45) is 5.92 Å². The molecule has 1 aromatic carbocycles. The molecule has 2 aliphatic heterocycles. The first-order chi connectivity index (χ1) is 9.35. The van der Waals surface area contributed by atoms with Crippen molar-refractivity contribution in [3.63, 3.8) is 0 Å². The molecule has 0 saturated carbocycles. The largest absolute Gasteiger partial charge is 0.496 e. The predicted molar refractivity (Wildman–Crippen MR) is 73.5 cm³/mol. The fourth-order valence-electron chi connectivity index (χ4n) is 3.36. The van der Waals surface area contributed by atoms with E-state index in [1.807, 2.05) is 12.1 Å². The van der Waals surface area contributed by atoms with Crippen LogP contribution in [0, 0.1) is 5.92 Å². The number of rotatable bonds is 4. The second-order valence-corrected chi connectivity index (χ2v) is 5.28. The van der Waals surface area contributed by atoms with E-state index in [4.69, 9.17) is 14.6 Å². The minimum atomic E-state index is 0.135. The minimum Gasteiger partial charge on any atom is -0.496 e. The molecule has 0 aromatic heterocycles. The van der Waals surface area contributed by atoms with Crippen molar-refractivity contribution < 1.29 is 14.6 Å². The summed E-state index contributed by atoms with van der Waals surface area (Å²) in [5, 5.41) is 12.6. The van der Waals surface area contributed by atoms with Crippen LogP contribution < -0.4 is 10.1 Å². The molecule has 4 heteroatoms. The molecule has 0 radical (unpaired) electrons. The van der Waals surface area contributed by atoms with Gasteiger partial charge in [0.05, 0.1) is 13.2 Å². The Morgan fingerprint density at radius 3 is 3.16 bits per heavy atom. The highest BCUT2D eigenvalue weighted by Crippen LogP contribution is 2.48. The van der Waals surface area contributed by atoms with Crippen LogP contribution in [0.3, 0.4) is 0 Å². The van der Waals surface area contributed by atoms with Gasteiger partial charge in [-0.2, -0.15) is 0 Å². The molecule has 104 valence electrons. The van der Waals surface area contributed by atoms with Gasteiger partial charge in [0.2, 0.25) is 0 Å². The highest BCUT2D eigenvalue weighted by molar-refractivity contribution is 5.61. The molecule has 2 heterocycles. The summed E-state index contributed by atoms with van der Waals surface area (Å²) in [6.07, 6.45) is 3.03. The quantitative estimate of drug-likeness (QED) is 0.875. The van der Waals surface area contributed by atoms with E-state index < -0.39 is 0 Å². The van der Waals surface area contributed by atoms with Gasteiger partial charge in [0.25, 0.3) is 0 Å². The third-order valence-corrected chi connectivity index (χ3v) is 4.24. The first kappa shape index (κ1) is 12.8. The monoisotopic (exact) mass is 263 g/mol. The smallest absolute Gasteiger partial charge is 0.126 e. The number of benzene rings is 1. The van der Waals surface area contributed by atoms with E-state index in [9.17, 15) is 0 Å². The van der Waals surface area contributed by atoms with Gasteiger partial charge < -0.3 is 19.9 Å². The van der Waals surface area contributed by atoms with Gasteiger partial charge in [-0.1, -0.05) is 6.07 Å². The third kappa shape index (κ3) is 2.19. The molecule has 1 fully saturated rings. The van der Waals surface area contributed by atoms with Crippen molar-refractivity contribution in [2.75, 3.05) is 25.6 Å². The molecule has 19 heavy (non-hydrogen) atoms. The number of hydrogen-bond acceptors (Lipinski definition) is 4. The number of nitrogens with one attached hydrogen (secondary N) is 1. The lowest BCUT2D eigenvalue weighted by Gasteiger charge is -2.36. The van der Waals surface area contributed by atoms with Crippen LogP contribution in [0.4, 0.5) is 5.69 Å². The maximum atomic E-state index is 9.04. The lowest BCUT2D eigenvalue weighted by Crippen LogP contribution is -2.36. The number of anilines is 1. The summed E-state index contributed by atoms with van der Waals surface area (Å²) in [6, 6.07) is 6.47. The van der Waals surface area contributed by atoms with Gasteiger partial charge in [0.1, 0.15) is 5.75 Å². The Morgan fingerprint density at radius 1 is 1.47 bits per heavy atom. The Morgan fingerprint density at radius 2 is 2.37 bits per heavy atom. The summed E-state index contributed by atoms with van der Waals surface area (Å²) in [5.74, 6) is 1.39. The van der Waals surface area contributed by atoms with Gasteiger partial charge in [-0.3, -0.25) is 0 Å². The van der Waals surface area contributed by atoms with Crippen molar-refractivity contribution in [1.29, 1.82) is 0 Å². The number of fused-ring (bicyclic) bond motifs is 3. The van der Waals surface area contributed by atoms with Crippen molar-refractivity contribution in [3.8, 4) is 5.75 Å². The Labute approximate surface area is 113 Å². The van der Waals surface area contributed by atoms with Crippen LogP contribution in [0.1, 0.15) is 30.9 Å². The molecule has 3 atom stereocenters. The lowest BCUT2D eigenvalue weighted by atomic mass is 9.82. The molecule has 0 unspecified atom stereocenters. The highest BCUT2D eigenvalue weighted by atomic mass is 16.5. The zero-order valence-electron chi connectivity index (χ0n) is 11.3. The van der Waals surface area contributed by atoms with Crippen LogP contribution in [0.25, 0.3) is 0 Å². The number of aliphatic hydroxyl groups excluding tert-OH is 1. The van der Waals surface area contributed by atoms with Crippen molar-refractivity contribution in [3.05, 3.63) is 23.8 Å². The van der Waals surface area contributed by atoms with E-state index in [0.29, 0.717) is 12.0 Å². The number of methoxy groups -OCH3 is 1. The van der Waals surface area contributed by atoms with Crippen LogP contribution in [-0.4, -0.2) is 31.5 Å². The summed E-state index contributed by atoms with van der Waals surface area (Å²) in [4.78, 5) is 0. The Balaban J connectivity index is 1.93. The number of ether oxygens (including phenoxy) is 2. The first-order valence-corrected chi connectivity index (χ1v) is 7.01. The van der Waals surface area contributed by atoms with Crippen LogP contribution in [0.2, 0.25) is 0 Å². The molecule has 4 nitrogen and oxygen atoms in total.